The van der Waals surface area contributed by atoms with E-state index in [1.807, 2.05) is 0 Å². The van der Waals surface area contributed by atoms with Crippen LogP contribution in [-0.2, 0) is 0 Å². The number of hydrogen-bond acceptors (Lipinski definition) is 2. The first kappa shape index (κ1) is 14.0. The standard InChI is InChI=1S/C13H13F2NO2/c1-2-3-4-5-8-16-10-7-6-9(13(17)18)11(14)12(10)15/h1,6-7,16H,3-5,8H2,(H,17,18). The lowest BCUT2D eigenvalue weighted by atomic mass is 10.1. The van der Waals surface area contributed by atoms with Gasteiger partial charge in [-0.3, -0.25) is 0 Å². The monoisotopic (exact) mass is 253 g/mol. The molecule has 0 aliphatic heterocycles. The van der Waals surface area contributed by atoms with E-state index in [1.54, 1.807) is 0 Å². The number of carboxylic acids is 1. The number of rotatable bonds is 6. The second-order valence-corrected chi connectivity index (χ2v) is 3.68. The molecule has 3 nitrogen and oxygen atoms in total. The van der Waals surface area contributed by atoms with E-state index >= 15 is 0 Å². The number of carboxylic acid groups (broad SMARTS) is 1. The van der Waals surface area contributed by atoms with E-state index in [2.05, 4.69) is 11.2 Å². The summed E-state index contributed by atoms with van der Waals surface area (Å²) in [5.41, 5.74) is -0.719. The van der Waals surface area contributed by atoms with E-state index in [0.29, 0.717) is 13.0 Å². The summed E-state index contributed by atoms with van der Waals surface area (Å²) in [6, 6.07) is 2.24. The quantitative estimate of drug-likeness (QED) is 0.605. The van der Waals surface area contributed by atoms with Crippen molar-refractivity contribution >= 4 is 11.7 Å². The lowest BCUT2D eigenvalue weighted by Crippen LogP contribution is -2.08. The van der Waals surface area contributed by atoms with Crippen LogP contribution in [0.3, 0.4) is 0 Å². The van der Waals surface area contributed by atoms with Crippen molar-refractivity contribution in [3.8, 4) is 12.3 Å². The Morgan fingerprint density at radius 3 is 2.67 bits per heavy atom. The zero-order valence-corrected chi connectivity index (χ0v) is 9.67. The highest BCUT2D eigenvalue weighted by molar-refractivity contribution is 5.88. The van der Waals surface area contributed by atoms with Crippen LogP contribution in [0.1, 0.15) is 29.6 Å². The van der Waals surface area contributed by atoms with Crippen LogP contribution in [0.5, 0.6) is 0 Å². The van der Waals surface area contributed by atoms with Crippen LogP contribution in [0.4, 0.5) is 14.5 Å². The molecule has 96 valence electrons. The fourth-order valence-corrected chi connectivity index (χ4v) is 1.43. The second-order valence-electron chi connectivity index (χ2n) is 3.68. The van der Waals surface area contributed by atoms with Crippen molar-refractivity contribution in [1.29, 1.82) is 0 Å². The largest absolute Gasteiger partial charge is 0.478 e. The van der Waals surface area contributed by atoms with Crippen LogP contribution in [0, 0.1) is 24.0 Å². The maximum atomic E-state index is 13.5. The predicted octanol–water partition coefficient (Wildman–Crippen LogP) is 2.88. The van der Waals surface area contributed by atoms with Crippen molar-refractivity contribution in [2.45, 2.75) is 19.3 Å². The molecule has 1 rings (SSSR count). The third kappa shape index (κ3) is 3.45. The van der Waals surface area contributed by atoms with Crippen LogP contribution >= 0.6 is 0 Å². The van der Waals surface area contributed by atoms with Crippen LogP contribution in [0.2, 0.25) is 0 Å². The Morgan fingerprint density at radius 2 is 2.06 bits per heavy atom. The molecule has 0 amide bonds. The average Bonchev–Trinajstić information content (AvgIpc) is 2.33. The number of benzene rings is 1. The van der Waals surface area contributed by atoms with E-state index in [9.17, 15) is 13.6 Å². The Balaban J connectivity index is 2.66. The average molecular weight is 253 g/mol. The third-order valence-corrected chi connectivity index (χ3v) is 2.38. The van der Waals surface area contributed by atoms with Gasteiger partial charge in [0.15, 0.2) is 11.6 Å². The van der Waals surface area contributed by atoms with Gasteiger partial charge in [0.1, 0.15) is 0 Å². The fraction of sp³-hybridized carbons (Fsp3) is 0.308. The van der Waals surface area contributed by atoms with Crippen molar-refractivity contribution in [1.82, 2.24) is 0 Å². The molecule has 0 heterocycles. The molecular weight excluding hydrogens is 240 g/mol. The van der Waals surface area contributed by atoms with E-state index in [-0.39, 0.29) is 5.69 Å². The second kappa shape index (κ2) is 6.60. The number of unbranched alkanes of at least 4 members (excludes halogenated alkanes) is 2. The topological polar surface area (TPSA) is 49.3 Å². The number of hydrogen-bond donors (Lipinski definition) is 2. The number of halogens is 2. The maximum Gasteiger partial charge on any atom is 0.338 e. The van der Waals surface area contributed by atoms with Gasteiger partial charge in [0.25, 0.3) is 0 Å². The molecular formula is C13H13F2NO2. The smallest absolute Gasteiger partial charge is 0.338 e. The lowest BCUT2D eigenvalue weighted by Gasteiger charge is -2.08. The Kier molecular flexibility index (Phi) is 5.12. The van der Waals surface area contributed by atoms with Gasteiger partial charge in [0, 0.05) is 13.0 Å². The van der Waals surface area contributed by atoms with Gasteiger partial charge in [0.05, 0.1) is 11.3 Å². The van der Waals surface area contributed by atoms with E-state index in [0.717, 1.165) is 18.9 Å². The molecule has 18 heavy (non-hydrogen) atoms. The normalized spacial score (nSPS) is 9.83. The molecule has 1 aromatic carbocycles. The minimum atomic E-state index is -1.49. The van der Waals surface area contributed by atoms with Crippen molar-refractivity contribution < 1.29 is 18.7 Å². The number of aromatic carboxylic acids is 1. The van der Waals surface area contributed by atoms with Gasteiger partial charge < -0.3 is 10.4 Å². The first-order valence-corrected chi connectivity index (χ1v) is 5.46. The van der Waals surface area contributed by atoms with Gasteiger partial charge in [-0.25, -0.2) is 13.6 Å². The molecule has 0 bridgehead atoms. The molecule has 0 spiro atoms. The van der Waals surface area contributed by atoms with Gasteiger partial charge in [0.2, 0.25) is 0 Å². The lowest BCUT2D eigenvalue weighted by molar-refractivity contribution is 0.0690. The molecule has 0 aliphatic rings. The number of nitrogens with one attached hydrogen (secondary N) is 1. The summed E-state index contributed by atoms with van der Waals surface area (Å²) in [5.74, 6) is -1.54. The van der Waals surface area contributed by atoms with Gasteiger partial charge in [-0.1, -0.05) is 0 Å². The maximum absolute atomic E-state index is 13.5. The van der Waals surface area contributed by atoms with Crippen LogP contribution in [-0.4, -0.2) is 17.6 Å². The van der Waals surface area contributed by atoms with Crippen molar-refractivity contribution in [2.24, 2.45) is 0 Å². The van der Waals surface area contributed by atoms with Crippen molar-refractivity contribution in [3.63, 3.8) is 0 Å². The highest BCUT2D eigenvalue weighted by Gasteiger charge is 2.17. The summed E-state index contributed by atoms with van der Waals surface area (Å²) in [5, 5.41) is 11.3. The first-order valence-electron chi connectivity index (χ1n) is 5.46. The molecule has 0 atom stereocenters. The number of terminal acetylenes is 1. The summed E-state index contributed by atoms with van der Waals surface area (Å²) >= 11 is 0. The molecule has 0 saturated heterocycles. The van der Waals surface area contributed by atoms with Gasteiger partial charge in [-0.15, -0.1) is 12.3 Å². The zero-order chi connectivity index (χ0) is 13.5. The van der Waals surface area contributed by atoms with Crippen molar-refractivity contribution in [3.05, 3.63) is 29.3 Å². The Hall–Kier alpha value is -2.09. The third-order valence-electron chi connectivity index (χ3n) is 2.38. The number of anilines is 1. The van der Waals surface area contributed by atoms with Gasteiger partial charge in [-0.05, 0) is 25.0 Å². The Labute approximate surface area is 104 Å². The summed E-state index contributed by atoms with van der Waals surface area (Å²) in [6.07, 6.45) is 7.23. The minimum absolute atomic E-state index is 0.0433. The van der Waals surface area contributed by atoms with Gasteiger partial charge >= 0.3 is 5.97 Å². The molecule has 0 aliphatic carbocycles. The summed E-state index contributed by atoms with van der Waals surface area (Å²) in [6.45, 7) is 0.449. The Bertz CT molecular complexity index is 481. The Morgan fingerprint density at radius 1 is 1.33 bits per heavy atom. The highest BCUT2D eigenvalue weighted by Crippen LogP contribution is 2.20. The highest BCUT2D eigenvalue weighted by atomic mass is 19.2. The molecule has 1 aromatic rings. The van der Waals surface area contributed by atoms with E-state index in [4.69, 9.17) is 11.5 Å². The van der Waals surface area contributed by atoms with E-state index < -0.39 is 23.2 Å². The minimum Gasteiger partial charge on any atom is -0.478 e. The SMILES string of the molecule is C#CCCCCNc1ccc(C(=O)O)c(F)c1F. The van der Waals surface area contributed by atoms with Gasteiger partial charge in [-0.2, -0.15) is 0 Å². The molecule has 2 N–H and O–H groups in total. The summed E-state index contributed by atoms with van der Waals surface area (Å²) in [4.78, 5) is 10.6. The molecule has 0 unspecified atom stereocenters. The van der Waals surface area contributed by atoms with Crippen LogP contribution in [0.25, 0.3) is 0 Å². The van der Waals surface area contributed by atoms with Crippen molar-refractivity contribution in [2.75, 3.05) is 11.9 Å². The number of carbonyl (C=O) groups is 1. The molecule has 0 radical (unpaired) electrons. The molecule has 0 saturated carbocycles. The molecule has 0 fully saturated rings. The summed E-state index contributed by atoms with van der Waals surface area (Å²) in [7, 11) is 0. The zero-order valence-electron chi connectivity index (χ0n) is 9.67. The fourth-order valence-electron chi connectivity index (χ4n) is 1.43. The van der Waals surface area contributed by atoms with Crippen LogP contribution in [0.15, 0.2) is 12.1 Å². The first-order chi connectivity index (χ1) is 8.57. The molecule has 0 aromatic heterocycles. The summed E-state index contributed by atoms with van der Waals surface area (Å²) < 4.78 is 26.8. The molecule has 5 heteroatoms. The van der Waals surface area contributed by atoms with E-state index in [1.165, 1.54) is 6.07 Å². The predicted molar refractivity (Wildman–Crippen MR) is 64.5 cm³/mol. The van der Waals surface area contributed by atoms with Crippen LogP contribution < -0.4 is 5.32 Å².